The number of pyridine rings is 2. The van der Waals surface area contributed by atoms with Gasteiger partial charge in [0.15, 0.2) is 5.65 Å². The predicted octanol–water partition coefficient (Wildman–Crippen LogP) is 6.52. The maximum absolute atomic E-state index is 14.2. The number of carbonyl (C=O) groups excluding carboxylic acids is 2. The summed E-state index contributed by atoms with van der Waals surface area (Å²) in [5.41, 5.74) is 1.22. The van der Waals surface area contributed by atoms with E-state index in [4.69, 9.17) is 9.47 Å². The Hall–Kier alpha value is -4.53. The van der Waals surface area contributed by atoms with Crippen LogP contribution in [-0.4, -0.2) is 75.3 Å². The Morgan fingerprint density at radius 3 is 2.61 bits per heavy atom. The Kier molecular flexibility index (Phi) is 9.65. The lowest BCUT2D eigenvalue weighted by Gasteiger charge is -2.34. The predicted molar refractivity (Wildman–Crippen MR) is 176 cm³/mol. The summed E-state index contributed by atoms with van der Waals surface area (Å²) < 4.78 is 54.8. The second kappa shape index (κ2) is 13.8. The quantitative estimate of drug-likeness (QED) is 0.151. The zero-order valence-electron chi connectivity index (χ0n) is 28.1. The summed E-state index contributed by atoms with van der Waals surface area (Å²) in [5.74, 6) is -0.985. The maximum Gasteiger partial charge on any atom is 0.418 e. The number of aromatic nitrogens is 6. The van der Waals surface area contributed by atoms with E-state index >= 15 is 0 Å². The summed E-state index contributed by atoms with van der Waals surface area (Å²) in [6.07, 6.45) is 5.53. The second-order valence-electron chi connectivity index (χ2n) is 13.3. The highest BCUT2D eigenvalue weighted by atomic mass is 19.4. The van der Waals surface area contributed by atoms with E-state index in [2.05, 4.69) is 30.2 Å². The minimum absolute atomic E-state index is 0.0694. The van der Waals surface area contributed by atoms with Crippen LogP contribution < -0.4 is 10.2 Å². The third-order valence-corrected chi connectivity index (χ3v) is 9.37. The molecule has 1 atom stereocenters. The minimum Gasteiger partial charge on any atom is -0.466 e. The van der Waals surface area contributed by atoms with E-state index in [0.717, 1.165) is 31.7 Å². The van der Waals surface area contributed by atoms with E-state index < -0.39 is 17.6 Å². The molecule has 0 saturated heterocycles. The molecule has 4 aromatic rings. The van der Waals surface area contributed by atoms with Crippen LogP contribution in [0, 0.1) is 5.41 Å². The number of ether oxygens (including phenoxy) is 2. The Labute approximate surface area is 281 Å². The number of aromatic amines is 1. The number of imidazole rings is 2. The highest BCUT2D eigenvalue weighted by Gasteiger charge is 2.40. The highest BCUT2D eigenvalue weighted by molar-refractivity contribution is 6.03. The van der Waals surface area contributed by atoms with Crippen LogP contribution in [0.25, 0.3) is 22.4 Å². The van der Waals surface area contributed by atoms with E-state index in [1.807, 2.05) is 18.9 Å². The van der Waals surface area contributed by atoms with Gasteiger partial charge in [-0.3, -0.25) is 19.9 Å². The lowest BCUT2D eigenvalue weighted by atomic mass is 9.86. The molecule has 2 N–H and O–H groups in total. The molecule has 0 aromatic carbocycles. The number of hydrogen-bond acceptors (Lipinski definition) is 9. The van der Waals surface area contributed by atoms with E-state index in [1.54, 1.807) is 24.7 Å². The molecule has 4 aromatic heterocycles. The molecule has 0 spiro atoms. The van der Waals surface area contributed by atoms with Gasteiger partial charge in [0.25, 0.3) is 5.91 Å². The number of H-pyrrole nitrogens is 1. The first-order chi connectivity index (χ1) is 23.4. The van der Waals surface area contributed by atoms with Crippen molar-refractivity contribution in [2.24, 2.45) is 5.41 Å². The summed E-state index contributed by atoms with van der Waals surface area (Å²) in [5, 5.41) is 2.73. The minimum atomic E-state index is -4.56. The van der Waals surface area contributed by atoms with Crippen molar-refractivity contribution in [1.29, 1.82) is 0 Å². The van der Waals surface area contributed by atoms with Gasteiger partial charge in [-0.1, -0.05) is 12.8 Å². The lowest BCUT2D eigenvalue weighted by Crippen LogP contribution is -2.37. The van der Waals surface area contributed by atoms with Crippen LogP contribution in [0.15, 0.2) is 30.9 Å². The maximum atomic E-state index is 14.2. The molecule has 12 nitrogen and oxygen atoms in total. The van der Waals surface area contributed by atoms with E-state index in [0.29, 0.717) is 37.2 Å². The molecule has 1 unspecified atom stereocenters. The topological polar surface area (TPSA) is 140 Å². The zero-order chi connectivity index (χ0) is 34.9. The Balaban J connectivity index is 1.34. The molecule has 0 bridgehead atoms. The lowest BCUT2D eigenvalue weighted by molar-refractivity contribution is -0.144. The zero-order valence-corrected chi connectivity index (χ0v) is 28.1. The molecule has 6 rings (SSSR count). The van der Waals surface area contributed by atoms with E-state index in [1.165, 1.54) is 18.7 Å². The van der Waals surface area contributed by atoms with Gasteiger partial charge < -0.3 is 23.9 Å². The van der Waals surface area contributed by atoms with Gasteiger partial charge in [-0.2, -0.15) is 18.2 Å². The Morgan fingerprint density at radius 1 is 1.18 bits per heavy atom. The number of methoxy groups -OCH3 is 1. The van der Waals surface area contributed by atoms with Crippen LogP contribution in [0.1, 0.15) is 92.5 Å². The molecule has 0 aliphatic heterocycles. The van der Waals surface area contributed by atoms with Gasteiger partial charge in [-0.05, 0) is 51.7 Å². The van der Waals surface area contributed by atoms with Gasteiger partial charge in [0.1, 0.15) is 11.2 Å². The number of halogens is 3. The van der Waals surface area contributed by atoms with Crippen LogP contribution in [0.5, 0.6) is 0 Å². The number of alkyl halides is 3. The summed E-state index contributed by atoms with van der Waals surface area (Å²) in [6.45, 7) is 5.04. The molecule has 2 fully saturated rings. The van der Waals surface area contributed by atoms with E-state index in [-0.39, 0.29) is 70.6 Å². The SMILES string of the molecule is CCOC(=O)CC(C)n1cnc(C(=O)Nc2nc3nc(-c4cnc(C5CC5)c(C(F)(F)F)c4)cc(N(C)CC4(COC)CCCC4)c3[nH]2)c1. The largest absolute Gasteiger partial charge is 0.466 e. The molecule has 2 aliphatic carbocycles. The number of carbonyl (C=O) groups is 2. The molecular weight excluding hydrogens is 641 g/mol. The summed E-state index contributed by atoms with van der Waals surface area (Å²) in [7, 11) is 3.61. The first-order valence-corrected chi connectivity index (χ1v) is 16.6. The molecule has 15 heteroatoms. The highest BCUT2D eigenvalue weighted by Crippen LogP contribution is 2.46. The summed E-state index contributed by atoms with van der Waals surface area (Å²) in [6, 6.07) is 2.57. The summed E-state index contributed by atoms with van der Waals surface area (Å²) >= 11 is 0. The summed E-state index contributed by atoms with van der Waals surface area (Å²) in [4.78, 5) is 48.0. The van der Waals surface area contributed by atoms with Crippen molar-refractivity contribution in [3.8, 4) is 11.3 Å². The third kappa shape index (κ3) is 7.56. The van der Waals surface area contributed by atoms with Crippen LogP contribution in [0.2, 0.25) is 0 Å². The van der Waals surface area contributed by atoms with Gasteiger partial charge in [-0.25, -0.2) is 9.97 Å². The normalized spacial score (nSPS) is 16.6. The molecule has 2 saturated carbocycles. The van der Waals surface area contributed by atoms with Crippen LogP contribution >= 0.6 is 0 Å². The molecule has 262 valence electrons. The molecule has 4 heterocycles. The van der Waals surface area contributed by atoms with Crippen molar-refractivity contribution in [3.63, 3.8) is 0 Å². The van der Waals surface area contributed by atoms with Crippen LogP contribution in [0.3, 0.4) is 0 Å². The average Bonchev–Trinajstić information content (AvgIpc) is 3.39. The Morgan fingerprint density at radius 2 is 1.94 bits per heavy atom. The third-order valence-electron chi connectivity index (χ3n) is 9.37. The molecule has 2 aliphatic rings. The number of nitrogens with one attached hydrogen (secondary N) is 2. The molecular formula is C34H41F3N8O4. The fourth-order valence-electron chi connectivity index (χ4n) is 6.80. The standard InChI is InChI=1S/C34H41F3N8O4/c1-5-49-27(46)12-20(2)45-16-25(39-19-45)31(47)43-32-41-29-26(44(3)17-33(18-48-4)10-6-7-11-33)14-24(40-30(29)42-32)22-13-23(34(35,36)37)28(38-15-22)21-8-9-21/h13-16,19-21H,5-12,17-18H2,1-4H3,(H2,40,41,42,43,47). The van der Waals surface area contributed by atoms with Crippen LogP contribution in [-0.2, 0) is 20.4 Å². The second-order valence-corrected chi connectivity index (χ2v) is 13.3. The van der Waals surface area contributed by atoms with Gasteiger partial charge in [-0.15, -0.1) is 0 Å². The first-order valence-electron chi connectivity index (χ1n) is 16.6. The van der Waals surface area contributed by atoms with Gasteiger partial charge in [0.2, 0.25) is 5.95 Å². The van der Waals surface area contributed by atoms with Crippen molar-refractivity contribution in [2.75, 3.05) is 44.1 Å². The average molecular weight is 683 g/mol. The van der Waals surface area contributed by atoms with E-state index in [9.17, 15) is 22.8 Å². The van der Waals surface area contributed by atoms with Gasteiger partial charge >= 0.3 is 12.1 Å². The number of esters is 1. The monoisotopic (exact) mass is 682 g/mol. The fraction of sp³-hybridized carbons (Fsp3) is 0.529. The number of fused-ring (bicyclic) bond motifs is 1. The van der Waals surface area contributed by atoms with Crippen LogP contribution in [0.4, 0.5) is 24.8 Å². The number of nitrogens with zero attached hydrogens (tertiary/aromatic N) is 6. The van der Waals surface area contributed by atoms with Crippen molar-refractivity contribution in [3.05, 3.63) is 47.8 Å². The first kappa shape index (κ1) is 34.3. The number of hydrogen-bond donors (Lipinski definition) is 2. The van der Waals surface area contributed by atoms with Crippen molar-refractivity contribution < 1.29 is 32.2 Å². The molecule has 1 amide bonds. The van der Waals surface area contributed by atoms with Gasteiger partial charge in [0.05, 0.1) is 48.6 Å². The Bertz CT molecular complexity index is 1830. The van der Waals surface area contributed by atoms with Crippen molar-refractivity contribution in [2.45, 2.75) is 76.9 Å². The number of amides is 1. The molecule has 0 radical (unpaired) electrons. The van der Waals surface area contributed by atoms with Crippen molar-refractivity contribution in [1.82, 2.24) is 29.5 Å². The van der Waals surface area contributed by atoms with Gasteiger partial charge in [0, 0.05) is 56.0 Å². The smallest absolute Gasteiger partial charge is 0.418 e. The fourth-order valence-corrected chi connectivity index (χ4v) is 6.80. The number of rotatable bonds is 13. The van der Waals surface area contributed by atoms with Crippen molar-refractivity contribution >= 4 is 34.7 Å². The number of anilines is 2. The molecule has 49 heavy (non-hydrogen) atoms.